The molecule has 1 aromatic rings. The van der Waals surface area contributed by atoms with E-state index in [0.717, 1.165) is 13.2 Å². The molecular formula is C11H14N2O5. The third-order valence-corrected chi connectivity index (χ3v) is 2.34. The lowest BCUT2D eigenvalue weighted by Gasteiger charge is -2.13. The molecule has 1 rings (SSSR count). The Hall–Kier alpha value is -2.15. The van der Waals surface area contributed by atoms with Gasteiger partial charge in [0.05, 0.1) is 13.7 Å². The number of hydrogen-bond acceptors (Lipinski definition) is 5. The molecule has 0 radical (unpaired) electrons. The van der Waals surface area contributed by atoms with Gasteiger partial charge in [-0.05, 0) is 6.07 Å². The molecule has 0 aliphatic carbocycles. The molecule has 0 fully saturated rings. The minimum Gasteiger partial charge on any atom is -0.467 e. The first kappa shape index (κ1) is 13.9. The molecular weight excluding hydrogens is 240 g/mol. The van der Waals surface area contributed by atoms with E-state index in [2.05, 4.69) is 10.1 Å². The van der Waals surface area contributed by atoms with Crippen LogP contribution >= 0.6 is 0 Å². The zero-order chi connectivity index (χ0) is 13.7. The molecule has 0 aliphatic rings. The highest BCUT2D eigenvalue weighted by molar-refractivity contribution is 5.96. The molecule has 0 aromatic carbocycles. The summed E-state index contributed by atoms with van der Waals surface area (Å²) < 4.78 is 5.71. The molecule has 0 bridgehead atoms. The van der Waals surface area contributed by atoms with Gasteiger partial charge >= 0.3 is 5.97 Å². The number of aliphatic hydroxyl groups excluding tert-OH is 1. The molecule has 7 heteroatoms. The Morgan fingerprint density at radius 1 is 1.56 bits per heavy atom. The fourth-order valence-electron chi connectivity index (χ4n) is 1.25. The van der Waals surface area contributed by atoms with Crippen molar-refractivity contribution in [2.24, 2.45) is 7.05 Å². The van der Waals surface area contributed by atoms with Crippen LogP contribution in [-0.2, 0) is 16.6 Å². The largest absolute Gasteiger partial charge is 0.467 e. The van der Waals surface area contributed by atoms with Crippen LogP contribution in [0.3, 0.4) is 0 Å². The van der Waals surface area contributed by atoms with Gasteiger partial charge in [0.2, 0.25) is 0 Å². The van der Waals surface area contributed by atoms with Crippen LogP contribution in [0.5, 0.6) is 0 Å². The van der Waals surface area contributed by atoms with Gasteiger partial charge in [-0.3, -0.25) is 9.59 Å². The Labute approximate surface area is 103 Å². The standard InChI is InChI=1S/C11H14N2O5/c1-13-4-3-7(5-9(13)15)10(16)12-8(6-14)11(17)18-2/h3-5,8,14H,6H2,1-2H3,(H,12,16). The van der Waals surface area contributed by atoms with Crippen molar-refractivity contribution in [2.75, 3.05) is 13.7 Å². The summed E-state index contributed by atoms with van der Waals surface area (Å²) in [6.45, 7) is -0.580. The van der Waals surface area contributed by atoms with Gasteiger partial charge < -0.3 is 19.7 Å². The molecule has 7 nitrogen and oxygen atoms in total. The van der Waals surface area contributed by atoms with Gasteiger partial charge in [0.15, 0.2) is 6.04 Å². The number of carbonyl (C=O) groups excluding carboxylic acids is 2. The summed E-state index contributed by atoms with van der Waals surface area (Å²) in [7, 11) is 2.70. The number of aryl methyl sites for hydroxylation is 1. The van der Waals surface area contributed by atoms with Gasteiger partial charge in [-0.1, -0.05) is 0 Å². The molecule has 0 saturated heterocycles. The normalized spacial score (nSPS) is 11.7. The Bertz CT molecular complexity index is 508. The maximum Gasteiger partial charge on any atom is 0.330 e. The highest BCUT2D eigenvalue weighted by atomic mass is 16.5. The van der Waals surface area contributed by atoms with Crippen molar-refractivity contribution in [3.05, 3.63) is 34.2 Å². The number of carbonyl (C=O) groups is 2. The number of methoxy groups -OCH3 is 1. The second-order valence-electron chi connectivity index (χ2n) is 3.60. The van der Waals surface area contributed by atoms with Gasteiger partial charge in [-0.15, -0.1) is 0 Å². The monoisotopic (exact) mass is 254 g/mol. The van der Waals surface area contributed by atoms with E-state index in [4.69, 9.17) is 5.11 Å². The van der Waals surface area contributed by atoms with Crippen LogP contribution in [0.4, 0.5) is 0 Å². The minimum absolute atomic E-state index is 0.112. The Kier molecular flexibility index (Phi) is 4.61. The molecule has 1 atom stereocenters. The van der Waals surface area contributed by atoms with E-state index in [1.165, 1.54) is 16.8 Å². The molecule has 0 spiro atoms. The average Bonchev–Trinajstić information content (AvgIpc) is 2.37. The fourth-order valence-corrected chi connectivity index (χ4v) is 1.25. The number of ether oxygens (including phenoxy) is 1. The van der Waals surface area contributed by atoms with Crippen LogP contribution in [0.25, 0.3) is 0 Å². The van der Waals surface area contributed by atoms with E-state index in [9.17, 15) is 14.4 Å². The first-order valence-electron chi connectivity index (χ1n) is 5.15. The zero-order valence-corrected chi connectivity index (χ0v) is 10.0. The summed E-state index contributed by atoms with van der Waals surface area (Å²) in [5.74, 6) is -1.38. The van der Waals surface area contributed by atoms with Gasteiger partial charge in [0, 0.05) is 24.9 Å². The fraction of sp³-hybridized carbons (Fsp3) is 0.364. The molecule has 18 heavy (non-hydrogen) atoms. The Morgan fingerprint density at radius 2 is 2.22 bits per heavy atom. The quantitative estimate of drug-likeness (QED) is 0.647. The van der Waals surface area contributed by atoms with Crippen LogP contribution in [0, 0.1) is 0 Å². The number of nitrogens with zero attached hydrogens (tertiary/aromatic N) is 1. The lowest BCUT2D eigenvalue weighted by atomic mass is 10.2. The van der Waals surface area contributed by atoms with Crippen molar-refractivity contribution in [1.82, 2.24) is 9.88 Å². The number of pyridine rings is 1. The lowest BCUT2D eigenvalue weighted by Crippen LogP contribution is -2.44. The van der Waals surface area contributed by atoms with Gasteiger partial charge in [0.1, 0.15) is 0 Å². The molecule has 1 unspecified atom stereocenters. The molecule has 98 valence electrons. The maximum atomic E-state index is 11.7. The van der Waals surface area contributed by atoms with E-state index in [-0.39, 0.29) is 11.1 Å². The second kappa shape index (κ2) is 5.97. The smallest absolute Gasteiger partial charge is 0.330 e. The summed E-state index contributed by atoms with van der Waals surface area (Å²) in [4.78, 5) is 34.2. The first-order valence-corrected chi connectivity index (χ1v) is 5.15. The SMILES string of the molecule is COC(=O)C(CO)NC(=O)c1ccn(C)c(=O)c1. The number of hydrogen-bond donors (Lipinski definition) is 2. The third kappa shape index (κ3) is 3.17. The highest BCUT2D eigenvalue weighted by Gasteiger charge is 2.21. The molecule has 0 aliphatic heterocycles. The molecule has 1 heterocycles. The van der Waals surface area contributed by atoms with Crippen molar-refractivity contribution < 1.29 is 19.4 Å². The number of rotatable bonds is 4. The topological polar surface area (TPSA) is 97.6 Å². The zero-order valence-electron chi connectivity index (χ0n) is 10.0. The van der Waals surface area contributed by atoms with Crippen molar-refractivity contribution >= 4 is 11.9 Å². The molecule has 0 saturated carbocycles. The summed E-state index contributed by atoms with van der Waals surface area (Å²) in [5, 5.41) is 11.2. The van der Waals surface area contributed by atoms with Crippen LogP contribution in [-0.4, -0.2) is 41.3 Å². The van der Waals surface area contributed by atoms with Gasteiger partial charge in [-0.25, -0.2) is 4.79 Å². The van der Waals surface area contributed by atoms with E-state index >= 15 is 0 Å². The first-order chi connectivity index (χ1) is 8.49. The average molecular weight is 254 g/mol. The van der Waals surface area contributed by atoms with Gasteiger partial charge in [-0.2, -0.15) is 0 Å². The number of nitrogens with one attached hydrogen (secondary N) is 1. The second-order valence-corrected chi connectivity index (χ2v) is 3.60. The number of aromatic nitrogens is 1. The number of esters is 1. The predicted molar refractivity (Wildman–Crippen MR) is 62.0 cm³/mol. The van der Waals surface area contributed by atoms with Crippen LogP contribution in [0.2, 0.25) is 0 Å². The van der Waals surface area contributed by atoms with Crippen molar-refractivity contribution in [3.8, 4) is 0 Å². The van der Waals surface area contributed by atoms with Crippen LogP contribution in [0.15, 0.2) is 23.1 Å². The molecule has 2 N–H and O–H groups in total. The van der Waals surface area contributed by atoms with Crippen LogP contribution < -0.4 is 10.9 Å². The van der Waals surface area contributed by atoms with Crippen molar-refractivity contribution in [3.63, 3.8) is 0 Å². The van der Waals surface area contributed by atoms with Crippen molar-refractivity contribution in [2.45, 2.75) is 6.04 Å². The van der Waals surface area contributed by atoms with Crippen LogP contribution in [0.1, 0.15) is 10.4 Å². The van der Waals surface area contributed by atoms with Gasteiger partial charge in [0.25, 0.3) is 11.5 Å². The molecule has 1 aromatic heterocycles. The summed E-state index contributed by atoms with van der Waals surface area (Å²) in [6.07, 6.45) is 1.43. The van der Waals surface area contributed by atoms with Crippen molar-refractivity contribution in [1.29, 1.82) is 0 Å². The van der Waals surface area contributed by atoms with E-state index in [1.54, 1.807) is 7.05 Å². The van der Waals surface area contributed by atoms with E-state index in [0.29, 0.717) is 0 Å². The maximum absolute atomic E-state index is 11.7. The van der Waals surface area contributed by atoms with E-state index < -0.39 is 24.5 Å². The molecule has 1 amide bonds. The predicted octanol–water partition coefficient (Wildman–Crippen LogP) is -1.35. The number of aliphatic hydroxyl groups is 1. The summed E-state index contributed by atoms with van der Waals surface area (Å²) >= 11 is 0. The third-order valence-electron chi connectivity index (χ3n) is 2.34. The highest BCUT2D eigenvalue weighted by Crippen LogP contribution is 1.96. The number of amides is 1. The summed E-state index contributed by atoms with van der Waals surface area (Å²) in [6, 6.07) is 1.43. The van der Waals surface area contributed by atoms with E-state index in [1.807, 2.05) is 0 Å². The Morgan fingerprint density at radius 3 is 2.72 bits per heavy atom. The Balaban J connectivity index is 2.84. The minimum atomic E-state index is -1.15. The lowest BCUT2D eigenvalue weighted by molar-refractivity contribution is -0.143. The summed E-state index contributed by atoms with van der Waals surface area (Å²) in [5.41, 5.74) is -0.235.